The van der Waals surface area contributed by atoms with E-state index in [9.17, 15) is 0 Å². The Labute approximate surface area is 99.8 Å². The lowest BCUT2D eigenvalue weighted by Crippen LogP contribution is -2.63. The van der Waals surface area contributed by atoms with E-state index in [4.69, 9.17) is 0 Å². The Balaban J connectivity index is 1.60. The van der Waals surface area contributed by atoms with Gasteiger partial charge in [-0.05, 0) is 51.4 Å². The van der Waals surface area contributed by atoms with E-state index >= 15 is 0 Å². The van der Waals surface area contributed by atoms with E-state index in [1.165, 1.54) is 51.7 Å². The van der Waals surface area contributed by atoms with Crippen molar-refractivity contribution in [1.82, 2.24) is 10.2 Å². The molecule has 2 nitrogen and oxygen atoms in total. The quantitative estimate of drug-likeness (QED) is 0.788. The van der Waals surface area contributed by atoms with Gasteiger partial charge in [0.1, 0.15) is 0 Å². The third kappa shape index (κ3) is 2.14. The fourth-order valence-electron chi connectivity index (χ4n) is 3.16. The third-order valence-electron chi connectivity index (χ3n) is 4.96. The summed E-state index contributed by atoms with van der Waals surface area (Å²) in [4.78, 5) is 2.77. The summed E-state index contributed by atoms with van der Waals surface area (Å²) in [7, 11) is 0. The minimum atomic E-state index is 0.376. The van der Waals surface area contributed by atoms with Gasteiger partial charge in [-0.1, -0.05) is 6.42 Å². The van der Waals surface area contributed by atoms with Gasteiger partial charge in [0.15, 0.2) is 0 Å². The topological polar surface area (TPSA) is 15.3 Å². The molecule has 0 aromatic rings. The third-order valence-corrected chi connectivity index (χ3v) is 4.96. The average Bonchev–Trinajstić information content (AvgIpc) is 2.96. The lowest BCUT2D eigenvalue weighted by Gasteiger charge is -2.48. The maximum atomic E-state index is 3.77. The van der Waals surface area contributed by atoms with Crippen molar-refractivity contribution in [2.45, 2.75) is 57.5 Å². The molecule has 3 fully saturated rings. The summed E-state index contributed by atoms with van der Waals surface area (Å²) in [6.45, 7) is 8.65. The summed E-state index contributed by atoms with van der Waals surface area (Å²) in [5.74, 6) is 2.01. The zero-order valence-electron chi connectivity index (χ0n) is 10.8. The molecule has 1 saturated heterocycles. The van der Waals surface area contributed by atoms with Crippen molar-refractivity contribution in [3.8, 4) is 0 Å². The molecule has 3 aliphatic rings. The van der Waals surface area contributed by atoms with Crippen molar-refractivity contribution in [1.29, 1.82) is 0 Å². The van der Waals surface area contributed by atoms with Gasteiger partial charge in [0.05, 0.1) is 0 Å². The van der Waals surface area contributed by atoms with Gasteiger partial charge in [0.25, 0.3) is 0 Å². The van der Waals surface area contributed by atoms with E-state index < -0.39 is 0 Å². The van der Waals surface area contributed by atoms with Crippen LogP contribution < -0.4 is 5.32 Å². The van der Waals surface area contributed by atoms with Gasteiger partial charge in [-0.15, -0.1) is 0 Å². The van der Waals surface area contributed by atoms with Crippen LogP contribution in [-0.4, -0.2) is 36.1 Å². The van der Waals surface area contributed by atoms with Gasteiger partial charge < -0.3 is 5.32 Å². The maximum Gasteiger partial charge on any atom is 0.0278 e. The molecule has 0 aromatic carbocycles. The van der Waals surface area contributed by atoms with Crippen LogP contribution in [-0.2, 0) is 0 Å². The van der Waals surface area contributed by atoms with Crippen LogP contribution in [0.15, 0.2) is 0 Å². The predicted octanol–water partition coefficient (Wildman–Crippen LogP) is 2.25. The van der Waals surface area contributed by atoms with Crippen molar-refractivity contribution in [3.05, 3.63) is 0 Å². The Kier molecular flexibility index (Phi) is 2.75. The SMILES string of the molecule is CC1(C)CNC(C2CC2)CN1CC1CCC1. The molecule has 0 amide bonds. The highest BCUT2D eigenvalue weighted by Gasteiger charge is 2.41. The predicted molar refractivity (Wildman–Crippen MR) is 67.5 cm³/mol. The second-order valence-electron chi connectivity index (χ2n) is 6.84. The summed E-state index contributed by atoms with van der Waals surface area (Å²) < 4.78 is 0. The average molecular weight is 222 g/mol. The number of nitrogens with one attached hydrogen (secondary N) is 1. The fraction of sp³-hybridized carbons (Fsp3) is 1.00. The highest BCUT2D eigenvalue weighted by molar-refractivity contribution is 4.99. The van der Waals surface area contributed by atoms with Gasteiger partial charge in [0.2, 0.25) is 0 Å². The van der Waals surface area contributed by atoms with Gasteiger partial charge >= 0.3 is 0 Å². The minimum Gasteiger partial charge on any atom is -0.311 e. The second kappa shape index (κ2) is 3.99. The number of nitrogens with zero attached hydrogens (tertiary/aromatic N) is 1. The molecule has 2 heteroatoms. The minimum absolute atomic E-state index is 0.376. The highest BCUT2D eigenvalue weighted by Crippen LogP contribution is 2.37. The molecule has 0 radical (unpaired) electrons. The summed E-state index contributed by atoms with van der Waals surface area (Å²) in [6, 6.07) is 0.799. The number of piperazine rings is 1. The molecule has 3 rings (SSSR count). The Hall–Kier alpha value is -0.0800. The van der Waals surface area contributed by atoms with E-state index in [1.54, 1.807) is 0 Å². The Morgan fingerprint density at radius 1 is 1.19 bits per heavy atom. The van der Waals surface area contributed by atoms with Gasteiger partial charge in [-0.25, -0.2) is 0 Å². The first-order valence-electron chi connectivity index (χ1n) is 7.13. The Morgan fingerprint density at radius 3 is 2.50 bits per heavy atom. The maximum absolute atomic E-state index is 3.77. The van der Waals surface area contributed by atoms with Crippen LogP contribution in [0.2, 0.25) is 0 Å². The molecule has 16 heavy (non-hydrogen) atoms. The zero-order valence-corrected chi connectivity index (χ0v) is 10.8. The monoisotopic (exact) mass is 222 g/mol. The molecule has 0 aromatic heterocycles. The van der Waals surface area contributed by atoms with Crippen LogP contribution in [0, 0.1) is 11.8 Å². The first-order chi connectivity index (χ1) is 7.65. The Bertz CT molecular complexity index is 253. The lowest BCUT2D eigenvalue weighted by atomic mass is 9.83. The molecule has 1 atom stereocenters. The van der Waals surface area contributed by atoms with E-state index in [-0.39, 0.29) is 0 Å². The van der Waals surface area contributed by atoms with Crippen molar-refractivity contribution < 1.29 is 0 Å². The largest absolute Gasteiger partial charge is 0.311 e. The fourth-order valence-corrected chi connectivity index (χ4v) is 3.16. The molecule has 1 aliphatic heterocycles. The standard InChI is InChI=1S/C14H26N2/c1-14(2)10-15-13(12-6-7-12)9-16(14)8-11-4-3-5-11/h11-13,15H,3-10H2,1-2H3. The van der Waals surface area contributed by atoms with Crippen molar-refractivity contribution in [2.75, 3.05) is 19.6 Å². The molecule has 1 N–H and O–H groups in total. The molecule has 0 spiro atoms. The summed E-state index contributed by atoms with van der Waals surface area (Å²) in [6.07, 6.45) is 7.37. The first-order valence-corrected chi connectivity index (χ1v) is 7.13. The summed E-state index contributed by atoms with van der Waals surface area (Å²) in [5, 5.41) is 3.77. The number of rotatable bonds is 3. The molecular formula is C14H26N2. The van der Waals surface area contributed by atoms with E-state index in [0.717, 1.165) is 17.9 Å². The van der Waals surface area contributed by atoms with Crippen LogP contribution in [0.3, 0.4) is 0 Å². The Morgan fingerprint density at radius 2 is 1.94 bits per heavy atom. The normalized spacial score (nSPS) is 36.0. The molecule has 1 unspecified atom stereocenters. The summed E-state index contributed by atoms with van der Waals surface area (Å²) in [5.41, 5.74) is 0.376. The smallest absolute Gasteiger partial charge is 0.0278 e. The second-order valence-corrected chi connectivity index (χ2v) is 6.84. The van der Waals surface area contributed by atoms with Crippen LogP contribution >= 0.6 is 0 Å². The van der Waals surface area contributed by atoms with Crippen LogP contribution in [0.1, 0.15) is 46.0 Å². The van der Waals surface area contributed by atoms with Crippen LogP contribution in [0.25, 0.3) is 0 Å². The molecule has 0 bridgehead atoms. The first kappa shape index (κ1) is 11.0. The zero-order chi connectivity index (χ0) is 11.2. The molecule has 92 valence electrons. The number of hydrogen-bond donors (Lipinski definition) is 1. The molecule has 2 aliphatic carbocycles. The molecular weight excluding hydrogens is 196 g/mol. The van der Waals surface area contributed by atoms with Gasteiger partial charge in [-0.3, -0.25) is 4.90 Å². The highest BCUT2D eigenvalue weighted by atomic mass is 15.3. The van der Waals surface area contributed by atoms with Crippen LogP contribution in [0.4, 0.5) is 0 Å². The summed E-state index contributed by atoms with van der Waals surface area (Å²) >= 11 is 0. The van der Waals surface area contributed by atoms with Crippen molar-refractivity contribution >= 4 is 0 Å². The van der Waals surface area contributed by atoms with E-state index in [0.29, 0.717) is 5.54 Å². The number of hydrogen-bond acceptors (Lipinski definition) is 2. The molecule has 2 saturated carbocycles. The van der Waals surface area contributed by atoms with Crippen molar-refractivity contribution in [3.63, 3.8) is 0 Å². The molecule has 1 heterocycles. The van der Waals surface area contributed by atoms with Gasteiger partial charge in [-0.2, -0.15) is 0 Å². The van der Waals surface area contributed by atoms with E-state index in [2.05, 4.69) is 24.1 Å². The van der Waals surface area contributed by atoms with Gasteiger partial charge in [0, 0.05) is 31.2 Å². The lowest BCUT2D eigenvalue weighted by molar-refractivity contribution is 0.0329. The van der Waals surface area contributed by atoms with E-state index in [1.807, 2.05) is 0 Å². The van der Waals surface area contributed by atoms with Crippen LogP contribution in [0.5, 0.6) is 0 Å². The van der Waals surface area contributed by atoms with Crippen molar-refractivity contribution in [2.24, 2.45) is 11.8 Å².